The van der Waals surface area contributed by atoms with E-state index in [0.717, 1.165) is 0 Å². The first-order valence-corrected chi connectivity index (χ1v) is 11.0. The molecule has 0 aromatic heterocycles. The monoisotopic (exact) mass is 468 g/mol. The summed E-state index contributed by atoms with van der Waals surface area (Å²) >= 11 is 0. The Morgan fingerprint density at radius 2 is 1.79 bits per heavy atom. The zero-order valence-electron chi connectivity index (χ0n) is 18.3. The lowest BCUT2D eigenvalue weighted by Gasteiger charge is -2.39. The zero-order chi connectivity index (χ0) is 24.3. The van der Waals surface area contributed by atoms with Gasteiger partial charge in [-0.15, -0.1) is 0 Å². The van der Waals surface area contributed by atoms with Crippen molar-refractivity contribution >= 4 is 17.1 Å². The van der Waals surface area contributed by atoms with Crippen molar-refractivity contribution in [1.82, 2.24) is 0 Å². The molecule has 0 radical (unpaired) electrons. The zero-order valence-corrected chi connectivity index (χ0v) is 18.3. The summed E-state index contributed by atoms with van der Waals surface area (Å²) in [5, 5.41) is 51.9. The van der Waals surface area contributed by atoms with Gasteiger partial charge in [0, 0.05) is 28.7 Å². The minimum atomic E-state index is -1.49. The second kappa shape index (κ2) is 8.30. The average Bonchev–Trinajstić information content (AvgIpc) is 2.81. The molecule has 0 bridgehead atoms. The fourth-order valence-corrected chi connectivity index (χ4v) is 4.97. The average molecular weight is 468 g/mol. The number of benzene rings is 2. The molecule has 5 N–H and O–H groups in total. The Morgan fingerprint density at radius 1 is 1.03 bits per heavy atom. The van der Waals surface area contributed by atoms with Gasteiger partial charge in [0.1, 0.15) is 23.7 Å². The predicted octanol–water partition coefficient (Wildman–Crippen LogP) is 1.74. The molecular formula is C25H24O9. The van der Waals surface area contributed by atoms with Crippen molar-refractivity contribution in [3.8, 4) is 11.5 Å². The molecule has 3 aliphatic rings. The summed E-state index contributed by atoms with van der Waals surface area (Å²) in [5.41, 5.74) is -0.123. The highest BCUT2D eigenvalue weighted by Gasteiger charge is 2.48. The van der Waals surface area contributed by atoms with Crippen molar-refractivity contribution in [2.75, 3.05) is 0 Å². The van der Waals surface area contributed by atoms with Gasteiger partial charge in [0.25, 0.3) is 0 Å². The third kappa shape index (κ3) is 3.36. The summed E-state index contributed by atoms with van der Waals surface area (Å²) in [4.78, 5) is 27.2. The van der Waals surface area contributed by atoms with E-state index in [1.165, 1.54) is 30.3 Å². The van der Waals surface area contributed by atoms with E-state index < -0.39 is 48.9 Å². The molecule has 5 atom stereocenters. The van der Waals surface area contributed by atoms with Crippen molar-refractivity contribution < 1.29 is 44.6 Å². The standard InChI is InChI=1S/C25H24O9/c1-10-14(27)5-6-17(33-10)34-25-21-20(18-13(23(25)31)7-11(9-26)8-16(18)29)22(30)12-3-2-4-15(28)19(12)24(21)32/h2-4,7-8,10,14,17,23,25-29,31H,5-6,9H2,1H3. The Morgan fingerprint density at radius 3 is 2.50 bits per heavy atom. The summed E-state index contributed by atoms with van der Waals surface area (Å²) in [6.45, 7) is 1.25. The highest BCUT2D eigenvalue weighted by atomic mass is 16.7. The van der Waals surface area contributed by atoms with Crippen LogP contribution in [0.25, 0.3) is 5.57 Å². The Bertz CT molecular complexity index is 1230. The predicted molar refractivity (Wildman–Crippen MR) is 117 cm³/mol. The molecule has 9 nitrogen and oxygen atoms in total. The van der Waals surface area contributed by atoms with Crippen LogP contribution in [0.1, 0.15) is 63.3 Å². The molecule has 0 saturated carbocycles. The maximum absolute atomic E-state index is 13.6. The molecule has 34 heavy (non-hydrogen) atoms. The largest absolute Gasteiger partial charge is 0.507 e. The van der Waals surface area contributed by atoms with E-state index in [-0.39, 0.29) is 51.3 Å². The topological polar surface area (TPSA) is 154 Å². The summed E-state index contributed by atoms with van der Waals surface area (Å²) in [6, 6.07) is 6.85. The van der Waals surface area contributed by atoms with Crippen LogP contribution in [0.15, 0.2) is 35.9 Å². The Labute approximate surface area is 194 Å². The number of carbonyl (C=O) groups is 2. The minimum absolute atomic E-state index is 0.0137. The number of aromatic hydroxyl groups is 2. The van der Waals surface area contributed by atoms with E-state index in [2.05, 4.69) is 0 Å². The second-order valence-corrected chi connectivity index (χ2v) is 8.80. The number of aliphatic hydroxyl groups is 3. The molecule has 9 heteroatoms. The number of allylic oxidation sites excluding steroid dienone is 1. The van der Waals surface area contributed by atoms with Gasteiger partial charge in [0.2, 0.25) is 0 Å². The van der Waals surface area contributed by atoms with Crippen LogP contribution in [-0.2, 0) is 16.1 Å². The maximum atomic E-state index is 13.6. The number of hydrogen-bond acceptors (Lipinski definition) is 9. The van der Waals surface area contributed by atoms with Crippen molar-refractivity contribution in [2.45, 2.75) is 57.1 Å². The van der Waals surface area contributed by atoms with Crippen LogP contribution in [0.4, 0.5) is 0 Å². The van der Waals surface area contributed by atoms with Crippen molar-refractivity contribution in [3.05, 3.63) is 63.7 Å². The minimum Gasteiger partial charge on any atom is -0.507 e. The summed E-state index contributed by atoms with van der Waals surface area (Å²) in [5.74, 6) is -2.07. The first kappa shape index (κ1) is 22.7. The molecule has 0 amide bonds. The van der Waals surface area contributed by atoms with Crippen LogP contribution in [-0.4, -0.2) is 61.7 Å². The van der Waals surface area contributed by atoms with E-state index in [1.807, 2.05) is 0 Å². The number of phenols is 2. The SMILES string of the molecule is CC1OC(OC2C3=C(C(=O)c4cccc(O)c4C3=O)c3c(O)cc(CO)cc3C2O)CCC1O. The quantitative estimate of drug-likeness (QED) is 0.453. The molecule has 2 aromatic carbocycles. The smallest absolute Gasteiger partial charge is 0.196 e. The molecular weight excluding hydrogens is 444 g/mol. The van der Waals surface area contributed by atoms with E-state index in [0.29, 0.717) is 12.0 Å². The van der Waals surface area contributed by atoms with Gasteiger partial charge >= 0.3 is 0 Å². The third-order valence-electron chi connectivity index (χ3n) is 6.69. The van der Waals surface area contributed by atoms with Crippen molar-refractivity contribution in [2.24, 2.45) is 0 Å². The third-order valence-corrected chi connectivity index (χ3v) is 6.69. The van der Waals surface area contributed by atoms with Crippen LogP contribution in [0.3, 0.4) is 0 Å². The Balaban J connectivity index is 1.70. The number of carbonyl (C=O) groups excluding carboxylic acids is 2. The van der Waals surface area contributed by atoms with E-state index in [4.69, 9.17) is 9.47 Å². The number of ether oxygens (including phenoxy) is 2. The van der Waals surface area contributed by atoms with E-state index in [9.17, 15) is 35.1 Å². The van der Waals surface area contributed by atoms with E-state index >= 15 is 0 Å². The van der Waals surface area contributed by atoms with Crippen LogP contribution in [0.2, 0.25) is 0 Å². The number of Topliss-reactive ketones (excluding diaryl/α,β-unsaturated/α-hetero) is 2. The molecule has 1 fully saturated rings. The lowest BCUT2D eigenvalue weighted by molar-refractivity contribution is -0.240. The van der Waals surface area contributed by atoms with E-state index in [1.54, 1.807) is 6.92 Å². The van der Waals surface area contributed by atoms with Gasteiger partial charge in [-0.25, -0.2) is 0 Å². The van der Waals surface area contributed by atoms with Crippen molar-refractivity contribution in [1.29, 1.82) is 0 Å². The van der Waals surface area contributed by atoms with Crippen LogP contribution in [0, 0.1) is 0 Å². The lowest BCUT2D eigenvalue weighted by atomic mass is 9.71. The molecule has 5 unspecified atom stereocenters. The Hall–Kier alpha value is -3.08. The molecule has 5 rings (SSSR count). The van der Waals surface area contributed by atoms with Crippen LogP contribution < -0.4 is 0 Å². The molecule has 2 aromatic rings. The lowest BCUT2D eigenvalue weighted by Crippen LogP contribution is -2.44. The molecule has 1 heterocycles. The molecule has 1 saturated heterocycles. The number of ketones is 2. The van der Waals surface area contributed by atoms with Gasteiger partial charge in [-0.2, -0.15) is 0 Å². The summed E-state index contributed by atoms with van der Waals surface area (Å²) in [6.07, 6.45) is -4.28. The number of rotatable bonds is 3. The highest BCUT2D eigenvalue weighted by Crippen LogP contribution is 2.49. The van der Waals surface area contributed by atoms with Gasteiger partial charge in [-0.05, 0) is 42.7 Å². The van der Waals surface area contributed by atoms with Gasteiger partial charge in [-0.1, -0.05) is 12.1 Å². The van der Waals surface area contributed by atoms with Gasteiger partial charge < -0.3 is 35.0 Å². The molecule has 1 aliphatic heterocycles. The first-order valence-electron chi connectivity index (χ1n) is 11.0. The number of phenolic OH excluding ortho intramolecular Hbond substituents is 2. The fraction of sp³-hybridized carbons (Fsp3) is 0.360. The normalized spacial score (nSPS) is 28.4. The number of aliphatic hydroxyl groups excluding tert-OH is 3. The summed E-state index contributed by atoms with van der Waals surface area (Å²) < 4.78 is 11.7. The van der Waals surface area contributed by atoms with Crippen LogP contribution >= 0.6 is 0 Å². The summed E-state index contributed by atoms with van der Waals surface area (Å²) in [7, 11) is 0. The molecule has 178 valence electrons. The maximum Gasteiger partial charge on any atom is 0.196 e. The van der Waals surface area contributed by atoms with Gasteiger partial charge in [0.15, 0.2) is 17.9 Å². The fourth-order valence-electron chi connectivity index (χ4n) is 4.97. The first-order chi connectivity index (χ1) is 16.2. The molecule has 2 aliphatic carbocycles. The number of fused-ring (bicyclic) bond motifs is 3. The molecule has 0 spiro atoms. The Kier molecular flexibility index (Phi) is 5.54. The van der Waals surface area contributed by atoms with Crippen LogP contribution in [0.5, 0.6) is 11.5 Å². The highest BCUT2D eigenvalue weighted by molar-refractivity contribution is 6.42. The van der Waals surface area contributed by atoms with Gasteiger partial charge in [0.05, 0.1) is 24.4 Å². The van der Waals surface area contributed by atoms with Crippen molar-refractivity contribution in [3.63, 3.8) is 0 Å². The number of hydrogen-bond donors (Lipinski definition) is 5. The second-order valence-electron chi connectivity index (χ2n) is 8.80. The van der Waals surface area contributed by atoms with Gasteiger partial charge in [-0.3, -0.25) is 9.59 Å².